The fourth-order valence-electron chi connectivity index (χ4n) is 3.12. The molecule has 0 saturated heterocycles. The summed E-state index contributed by atoms with van der Waals surface area (Å²) in [5.41, 5.74) is 2.05. The number of nitrogens with one attached hydrogen (secondary N) is 3. The highest BCUT2D eigenvalue weighted by Gasteiger charge is 2.24. The number of nitrogens with zero attached hydrogens (tertiary/aromatic N) is 1. The maximum atomic E-state index is 12.9. The number of benzene rings is 2. The Morgan fingerprint density at radius 3 is 2.79 bits per heavy atom. The summed E-state index contributed by atoms with van der Waals surface area (Å²) in [5.74, 6) is 1.63. The predicted molar refractivity (Wildman–Crippen MR) is 114 cm³/mol. The summed E-state index contributed by atoms with van der Waals surface area (Å²) in [5, 5.41) is 9.55. The van der Waals surface area contributed by atoms with Gasteiger partial charge in [0.1, 0.15) is 5.82 Å². The highest BCUT2D eigenvalue weighted by atomic mass is 32.2. The van der Waals surface area contributed by atoms with Crippen molar-refractivity contribution in [1.82, 2.24) is 10.6 Å². The van der Waals surface area contributed by atoms with Gasteiger partial charge in [0.05, 0.1) is 0 Å². The van der Waals surface area contributed by atoms with Gasteiger partial charge in [0.25, 0.3) is 0 Å². The van der Waals surface area contributed by atoms with Gasteiger partial charge in [-0.25, -0.2) is 4.39 Å². The standard InChI is InChI=1S/C21H25FN4OS/c1-23-21(24-11-4-12-28-17-9-7-16(22)8-10-17)25-14-15-13-20(27)26-19-6-3-2-5-18(15)19/h2-3,5-10,15H,4,11-14H2,1H3,(H,26,27)(H2,23,24,25). The van der Waals surface area contributed by atoms with Gasteiger partial charge in [-0.15, -0.1) is 11.8 Å². The molecule has 3 N–H and O–H groups in total. The molecule has 3 rings (SSSR count). The number of anilines is 1. The summed E-state index contributed by atoms with van der Waals surface area (Å²) in [6.07, 6.45) is 1.42. The van der Waals surface area contributed by atoms with Crippen molar-refractivity contribution >= 4 is 29.3 Å². The molecular formula is C21H25FN4OS. The normalized spacial score (nSPS) is 16.3. The van der Waals surface area contributed by atoms with E-state index in [2.05, 4.69) is 27.0 Å². The topological polar surface area (TPSA) is 65.5 Å². The number of halogens is 1. The van der Waals surface area contributed by atoms with Gasteiger partial charge in [-0.1, -0.05) is 18.2 Å². The molecule has 5 nitrogen and oxygen atoms in total. The van der Waals surface area contributed by atoms with Gasteiger partial charge in [0, 0.05) is 43.1 Å². The van der Waals surface area contributed by atoms with Crippen LogP contribution in [0.25, 0.3) is 0 Å². The molecular weight excluding hydrogens is 375 g/mol. The number of fused-ring (bicyclic) bond motifs is 1. The van der Waals surface area contributed by atoms with E-state index in [4.69, 9.17) is 0 Å². The lowest BCUT2D eigenvalue weighted by molar-refractivity contribution is -0.116. The molecule has 0 saturated carbocycles. The minimum atomic E-state index is -0.209. The van der Waals surface area contributed by atoms with E-state index < -0.39 is 0 Å². The first-order valence-corrected chi connectivity index (χ1v) is 10.4. The maximum absolute atomic E-state index is 12.9. The van der Waals surface area contributed by atoms with E-state index >= 15 is 0 Å². The van der Waals surface area contributed by atoms with E-state index in [9.17, 15) is 9.18 Å². The van der Waals surface area contributed by atoms with Crippen LogP contribution in [0, 0.1) is 5.82 Å². The Morgan fingerprint density at radius 2 is 2.00 bits per heavy atom. The zero-order valence-electron chi connectivity index (χ0n) is 15.9. The van der Waals surface area contributed by atoms with E-state index in [0.29, 0.717) is 13.0 Å². The van der Waals surface area contributed by atoms with Crippen LogP contribution in [0.5, 0.6) is 0 Å². The summed E-state index contributed by atoms with van der Waals surface area (Å²) in [7, 11) is 1.74. The minimum absolute atomic E-state index is 0.0475. The second-order valence-corrected chi connectivity index (χ2v) is 7.74. The molecule has 1 atom stereocenters. The molecule has 148 valence electrons. The first-order chi connectivity index (χ1) is 13.7. The molecule has 28 heavy (non-hydrogen) atoms. The van der Waals surface area contributed by atoms with Crippen molar-refractivity contribution in [3.05, 3.63) is 59.9 Å². The number of hydrogen-bond donors (Lipinski definition) is 3. The Balaban J connectivity index is 1.40. The van der Waals surface area contributed by atoms with E-state index in [0.717, 1.165) is 40.8 Å². The third-order valence-electron chi connectivity index (χ3n) is 4.54. The molecule has 7 heteroatoms. The molecule has 0 fully saturated rings. The molecule has 1 unspecified atom stereocenters. The quantitative estimate of drug-likeness (QED) is 0.288. The summed E-state index contributed by atoms with van der Waals surface area (Å²) >= 11 is 1.71. The molecule has 2 aromatic carbocycles. The van der Waals surface area contributed by atoms with Crippen LogP contribution < -0.4 is 16.0 Å². The molecule has 0 bridgehead atoms. The molecule has 1 aliphatic heterocycles. The minimum Gasteiger partial charge on any atom is -0.356 e. The monoisotopic (exact) mass is 400 g/mol. The molecule has 2 aromatic rings. The predicted octanol–water partition coefficient (Wildman–Crippen LogP) is 3.60. The lowest BCUT2D eigenvalue weighted by Gasteiger charge is -2.26. The van der Waals surface area contributed by atoms with Gasteiger partial charge in [0.2, 0.25) is 5.91 Å². The number of para-hydroxylation sites is 1. The zero-order chi connectivity index (χ0) is 19.8. The molecule has 1 heterocycles. The Kier molecular flexibility index (Phi) is 7.31. The smallest absolute Gasteiger partial charge is 0.225 e. The zero-order valence-corrected chi connectivity index (χ0v) is 16.7. The second-order valence-electron chi connectivity index (χ2n) is 6.57. The molecule has 0 spiro atoms. The highest BCUT2D eigenvalue weighted by molar-refractivity contribution is 7.99. The molecule has 0 aliphatic carbocycles. The number of hydrogen-bond acceptors (Lipinski definition) is 3. The van der Waals surface area contributed by atoms with E-state index in [1.54, 1.807) is 30.9 Å². The summed E-state index contributed by atoms with van der Waals surface area (Å²) < 4.78 is 12.9. The number of guanidine groups is 1. The fourth-order valence-corrected chi connectivity index (χ4v) is 3.98. The van der Waals surface area contributed by atoms with Gasteiger partial charge in [0.15, 0.2) is 5.96 Å². The van der Waals surface area contributed by atoms with Crippen LogP contribution in [-0.2, 0) is 4.79 Å². The van der Waals surface area contributed by atoms with Crippen molar-refractivity contribution in [1.29, 1.82) is 0 Å². The third-order valence-corrected chi connectivity index (χ3v) is 5.64. The Hall–Kier alpha value is -2.54. The van der Waals surface area contributed by atoms with Crippen molar-refractivity contribution in [2.45, 2.75) is 23.7 Å². The van der Waals surface area contributed by atoms with Crippen molar-refractivity contribution in [3.63, 3.8) is 0 Å². The highest BCUT2D eigenvalue weighted by Crippen LogP contribution is 2.31. The summed E-state index contributed by atoms with van der Waals surface area (Å²) in [6.45, 7) is 1.43. The van der Waals surface area contributed by atoms with Crippen molar-refractivity contribution in [2.24, 2.45) is 4.99 Å². The van der Waals surface area contributed by atoms with Crippen LogP contribution >= 0.6 is 11.8 Å². The maximum Gasteiger partial charge on any atom is 0.225 e. The summed E-state index contributed by atoms with van der Waals surface area (Å²) in [6, 6.07) is 14.5. The van der Waals surface area contributed by atoms with E-state index in [-0.39, 0.29) is 17.6 Å². The van der Waals surface area contributed by atoms with Gasteiger partial charge >= 0.3 is 0 Å². The molecule has 0 radical (unpaired) electrons. The number of thioether (sulfide) groups is 1. The van der Waals surface area contributed by atoms with E-state index in [1.807, 2.05) is 18.2 Å². The van der Waals surface area contributed by atoms with Crippen LogP contribution in [0.4, 0.5) is 10.1 Å². The Bertz CT molecular complexity index is 825. The van der Waals surface area contributed by atoms with Crippen LogP contribution in [0.3, 0.4) is 0 Å². The SMILES string of the molecule is CN=C(NCCCSc1ccc(F)cc1)NCC1CC(=O)Nc2ccccc21. The number of aliphatic imine (C=N–C) groups is 1. The van der Waals surface area contributed by atoms with Gasteiger partial charge in [-0.3, -0.25) is 9.79 Å². The van der Waals surface area contributed by atoms with Crippen molar-refractivity contribution in [2.75, 3.05) is 31.2 Å². The van der Waals surface area contributed by atoms with Crippen LogP contribution in [0.2, 0.25) is 0 Å². The average Bonchev–Trinajstić information content (AvgIpc) is 2.71. The average molecular weight is 401 g/mol. The Morgan fingerprint density at radius 1 is 1.21 bits per heavy atom. The van der Waals surface area contributed by atoms with Gasteiger partial charge in [-0.05, 0) is 48.1 Å². The lowest BCUT2D eigenvalue weighted by Crippen LogP contribution is -2.41. The number of carbonyl (C=O) groups excluding carboxylic acids is 1. The first-order valence-electron chi connectivity index (χ1n) is 9.37. The number of amides is 1. The second kappa shape index (κ2) is 10.1. The van der Waals surface area contributed by atoms with E-state index in [1.165, 1.54) is 12.1 Å². The van der Waals surface area contributed by atoms with Crippen LogP contribution in [-0.4, -0.2) is 37.8 Å². The molecule has 1 aliphatic rings. The van der Waals surface area contributed by atoms with Gasteiger partial charge < -0.3 is 16.0 Å². The van der Waals surface area contributed by atoms with Crippen molar-refractivity contribution < 1.29 is 9.18 Å². The van der Waals surface area contributed by atoms with Crippen LogP contribution in [0.15, 0.2) is 58.4 Å². The lowest BCUT2D eigenvalue weighted by atomic mass is 9.90. The molecule has 1 amide bonds. The van der Waals surface area contributed by atoms with Crippen LogP contribution in [0.1, 0.15) is 24.3 Å². The van der Waals surface area contributed by atoms with Gasteiger partial charge in [-0.2, -0.15) is 0 Å². The first kappa shape index (κ1) is 20.2. The third kappa shape index (κ3) is 5.73. The molecule has 0 aromatic heterocycles. The largest absolute Gasteiger partial charge is 0.356 e. The Labute approximate surface area is 169 Å². The van der Waals surface area contributed by atoms with Crippen molar-refractivity contribution in [3.8, 4) is 0 Å². The summed E-state index contributed by atoms with van der Waals surface area (Å²) in [4.78, 5) is 17.2. The number of rotatable bonds is 7. The fraction of sp³-hybridized carbons (Fsp3) is 0.333. The number of carbonyl (C=O) groups is 1.